The molecule has 2 aromatic rings. The average Bonchev–Trinajstić information content (AvgIpc) is 2.57. The molecule has 0 saturated heterocycles. The molecule has 1 aliphatic heterocycles. The number of rotatable bonds is 1. The lowest BCUT2D eigenvalue weighted by molar-refractivity contribution is 0.490. The van der Waals surface area contributed by atoms with E-state index in [1.165, 1.54) is 37.4 Å². The van der Waals surface area contributed by atoms with Crippen LogP contribution in [0.5, 0.6) is 0 Å². The van der Waals surface area contributed by atoms with E-state index in [2.05, 4.69) is 5.10 Å². The monoisotopic (exact) mass is 372 g/mol. The van der Waals surface area contributed by atoms with E-state index >= 15 is 0 Å². The summed E-state index contributed by atoms with van der Waals surface area (Å²) in [6.45, 7) is 0. The zero-order valence-electron chi connectivity index (χ0n) is 11.9. The Morgan fingerprint density at radius 2 is 1.74 bits per heavy atom. The first-order valence-electron chi connectivity index (χ1n) is 6.57. The van der Waals surface area contributed by atoms with Crippen LogP contribution < -0.4 is 0 Å². The maximum absolute atomic E-state index is 13.2. The molecule has 0 amide bonds. The molecule has 0 fully saturated rings. The Hall–Kier alpha value is -1.63. The lowest BCUT2D eigenvalue weighted by atomic mass is 9.98. The molecule has 0 N–H and O–H groups in total. The summed E-state index contributed by atoms with van der Waals surface area (Å²) in [7, 11) is -2.26. The lowest BCUT2D eigenvalue weighted by Crippen LogP contribution is -2.22. The van der Waals surface area contributed by atoms with Gasteiger partial charge in [0.25, 0.3) is 10.0 Å². The van der Waals surface area contributed by atoms with Crippen LogP contribution in [0.25, 0.3) is 0 Å². The molecule has 120 valence electrons. The van der Waals surface area contributed by atoms with Crippen LogP contribution in [0.15, 0.2) is 41.5 Å². The quantitative estimate of drug-likeness (QED) is 0.766. The van der Waals surface area contributed by atoms with Gasteiger partial charge in [0.15, 0.2) is 0 Å². The SMILES string of the molecule is CN1N=C(c2ccc(F)cc2)c2cc(Cl)c(Cl)cc2CS1(=O)=O. The van der Waals surface area contributed by atoms with E-state index in [-0.39, 0.29) is 10.8 Å². The number of fused-ring (bicyclic) bond motifs is 1. The second kappa shape index (κ2) is 5.78. The van der Waals surface area contributed by atoms with Crippen molar-refractivity contribution in [3.8, 4) is 0 Å². The molecule has 0 unspecified atom stereocenters. The first-order chi connectivity index (χ1) is 10.8. The van der Waals surface area contributed by atoms with Gasteiger partial charge < -0.3 is 0 Å². The van der Waals surface area contributed by atoms with Gasteiger partial charge in [-0.25, -0.2) is 12.8 Å². The van der Waals surface area contributed by atoms with E-state index in [4.69, 9.17) is 23.2 Å². The molecule has 0 spiro atoms. The van der Waals surface area contributed by atoms with Crippen molar-refractivity contribution < 1.29 is 12.8 Å². The van der Waals surface area contributed by atoms with E-state index in [1.807, 2.05) is 0 Å². The van der Waals surface area contributed by atoms with Crippen molar-refractivity contribution in [3.63, 3.8) is 0 Å². The Morgan fingerprint density at radius 3 is 2.39 bits per heavy atom. The first-order valence-corrected chi connectivity index (χ1v) is 8.94. The Bertz CT molecular complexity index is 912. The summed E-state index contributed by atoms with van der Waals surface area (Å²) in [6, 6.07) is 8.74. The molecule has 23 heavy (non-hydrogen) atoms. The summed E-state index contributed by atoms with van der Waals surface area (Å²) in [5, 5.41) is 4.74. The highest BCUT2D eigenvalue weighted by atomic mass is 35.5. The van der Waals surface area contributed by atoms with Crippen LogP contribution in [0.3, 0.4) is 0 Å². The van der Waals surface area contributed by atoms with Gasteiger partial charge in [0.1, 0.15) is 5.82 Å². The number of sulfonamides is 1. The summed E-state index contributed by atoms with van der Waals surface area (Å²) < 4.78 is 38.6. The molecular weight excluding hydrogens is 362 g/mol. The number of benzene rings is 2. The Balaban J connectivity index is 2.29. The zero-order chi connectivity index (χ0) is 16.8. The number of halogens is 3. The standard InChI is InChI=1S/C15H11Cl2FN2O2S/c1-20-19-15(9-2-4-11(18)5-3-9)12-7-14(17)13(16)6-10(12)8-23(20,21)22/h2-7H,8H2,1H3. The number of hydrazone groups is 1. The minimum absolute atomic E-state index is 0.246. The summed E-state index contributed by atoms with van der Waals surface area (Å²) in [5.74, 6) is -0.637. The maximum atomic E-state index is 13.2. The second-order valence-corrected chi connectivity index (χ2v) is 7.86. The van der Waals surface area contributed by atoms with Crippen LogP contribution in [0, 0.1) is 5.82 Å². The Kier molecular flexibility index (Phi) is 4.08. The Morgan fingerprint density at radius 1 is 1.13 bits per heavy atom. The fourth-order valence-electron chi connectivity index (χ4n) is 2.30. The molecule has 2 aromatic carbocycles. The zero-order valence-corrected chi connectivity index (χ0v) is 14.3. The number of hydrogen-bond donors (Lipinski definition) is 0. The third-order valence-corrected chi connectivity index (χ3v) is 5.78. The predicted molar refractivity (Wildman–Crippen MR) is 88.9 cm³/mol. The second-order valence-electron chi connectivity index (χ2n) is 5.07. The molecule has 0 aromatic heterocycles. The van der Waals surface area contributed by atoms with Crippen LogP contribution >= 0.6 is 23.2 Å². The Labute approximate surface area is 143 Å². The fraction of sp³-hybridized carbons (Fsp3) is 0.133. The van der Waals surface area contributed by atoms with Crippen LogP contribution in [-0.4, -0.2) is 25.6 Å². The molecule has 8 heteroatoms. The van der Waals surface area contributed by atoms with Gasteiger partial charge >= 0.3 is 0 Å². The molecule has 0 atom stereocenters. The molecule has 1 heterocycles. The molecule has 0 bridgehead atoms. The fourth-order valence-corrected chi connectivity index (χ4v) is 3.67. The van der Waals surface area contributed by atoms with Gasteiger partial charge in [-0.05, 0) is 42.0 Å². The predicted octanol–water partition coefficient (Wildman–Crippen LogP) is 3.66. The minimum Gasteiger partial charge on any atom is -0.207 e. The van der Waals surface area contributed by atoms with Gasteiger partial charge in [0.2, 0.25) is 0 Å². The lowest BCUT2D eigenvalue weighted by Gasteiger charge is -2.11. The highest BCUT2D eigenvalue weighted by Crippen LogP contribution is 2.31. The molecular formula is C15H11Cl2FN2O2S. The molecule has 1 aliphatic rings. The number of nitrogens with zero attached hydrogens (tertiary/aromatic N) is 2. The van der Waals surface area contributed by atoms with Crippen molar-refractivity contribution >= 4 is 38.9 Å². The van der Waals surface area contributed by atoms with E-state index < -0.39 is 15.8 Å². The summed E-state index contributed by atoms with van der Waals surface area (Å²) >= 11 is 12.1. The van der Waals surface area contributed by atoms with E-state index in [0.717, 1.165) is 4.41 Å². The molecule has 0 saturated carbocycles. The van der Waals surface area contributed by atoms with Gasteiger partial charge in [-0.3, -0.25) is 0 Å². The molecule has 4 nitrogen and oxygen atoms in total. The van der Waals surface area contributed by atoms with Crippen molar-refractivity contribution in [2.75, 3.05) is 7.05 Å². The normalized spacial score (nSPS) is 16.5. The van der Waals surface area contributed by atoms with Gasteiger partial charge in [0, 0.05) is 18.2 Å². The largest absolute Gasteiger partial charge is 0.253 e. The topological polar surface area (TPSA) is 49.7 Å². The third-order valence-electron chi connectivity index (χ3n) is 3.50. The minimum atomic E-state index is -3.62. The van der Waals surface area contributed by atoms with E-state index in [1.54, 1.807) is 6.07 Å². The number of hydrogen-bond acceptors (Lipinski definition) is 3. The first kappa shape index (κ1) is 16.2. The average molecular weight is 373 g/mol. The third kappa shape index (κ3) is 3.06. The van der Waals surface area contributed by atoms with E-state index in [9.17, 15) is 12.8 Å². The summed E-state index contributed by atoms with van der Waals surface area (Å²) in [4.78, 5) is 0. The van der Waals surface area contributed by atoms with Gasteiger partial charge in [-0.2, -0.15) is 9.52 Å². The van der Waals surface area contributed by atoms with Crippen molar-refractivity contribution in [3.05, 3.63) is 69.0 Å². The van der Waals surface area contributed by atoms with Crippen LogP contribution in [0.4, 0.5) is 4.39 Å². The van der Waals surface area contributed by atoms with Crippen LogP contribution in [-0.2, 0) is 15.8 Å². The van der Waals surface area contributed by atoms with Crippen molar-refractivity contribution in [2.45, 2.75) is 5.75 Å². The highest BCUT2D eigenvalue weighted by Gasteiger charge is 2.27. The molecule has 0 aliphatic carbocycles. The summed E-state index contributed by atoms with van der Waals surface area (Å²) in [6.07, 6.45) is 0. The molecule has 0 radical (unpaired) electrons. The highest BCUT2D eigenvalue weighted by molar-refractivity contribution is 7.88. The summed E-state index contributed by atoms with van der Waals surface area (Å²) in [5.41, 5.74) is 2.02. The van der Waals surface area contributed by atoms with Gasteiger partial charge in [-0.1, -0.05) is 23.2 Å². The van der Waals surface area contributed by atoms with Gasteiger partial charge in [0.05, 0.1) is 21.5 Å². The van der Waals surface area contributed by atoms with Gasteiger partial charge in [-0.15, -0.1) is 0 Å². The van der Waals surface area contributed by atoms with E-state index in [0.29, 0.717) is 27.4 Å². The maximum Gasteiger partial charge on any atom is 0.253 e. The van der Waals surface area contributed by atoms with Crippen molar-refractivity contribution in [2.24, 2.45) is 5.10 Å². The van der Waals surface area contributed by atoms with Crippen molar-refractivity contribution in [1.82, 2.24) is 4.41 Å². The van der Waals surface area contributed by atoms with Crippen molar-refractivity contribution in [1.29, 1.82) is 0 Å². The smallest absolute Gasteiger partial charge is 0.207 e. The van der Waals surface area contributed by atoms with Crippen LogP contribution in [0.1, 0.15) is 16.7 Å². The van der Waals surface area contributed by atoms with Crippen LogP contribution in [0.2, 0.25) is 10.0 Å². The molecule has 3 rings (SSSR count).